The van der Waals surface area contributed by atoms with E-state index < -0.39 is 0 Å². The Morgan fingerprint density at radius 2 is 2.25 bits per heavy atom. The van der Waals surface area contributed by atoms with Crippen LogP contribution in [0.15, 0.2) is 18.2 Å². The molecular weight excluding hydrogens is 252 g/mol. The van der Waals surface area contributed by atoms with Crippen molar-refractivity contribution in [1.82, 2.24) is 10.6 Å². The van der Waals surface area contributed by atoms with Crippen LogP contribution in [0, 0.1) is 5.92 Å². The van der Waals surface area contributed by atoms with Crippen molar-refractivity contribution in [3.8, 4) is 5.75 Å². The first kappa shape index (κ1) is 14.9. The molecule has 2 N–H and O–H groups in total. The average molecular weight is 276 g/mol. The first-order valence-corrected chi connectivity index (χ1v) is 7.37. The molecule has 2 rings (SSSR count). The highest BCUT2D eigenvalue weighted by Gasteiger charge is 2.11. The third-order valence-corrected chi connectivity index (χ3v) is 3.32. The lowest BCUT2D eigenvalue weighted by atomic mass is 10.1. The molecule has 0 saturated heterocycles. The Morgan fingerprint density at radius 1 is 1.40 bits per heavy atom. The summed E-state index contributed by atoms with van der Waals surface area (Å²) < 4.78 is 5.48. The summed E-state index contributed by atoms with van der Waals surface area (Å²) >= 11 is 0. The summed E-state index contributed by atoms with van der Waals surface area (Å²) in [5.74, 6) is 1.64. The topological polar surface area (TPSA) is 50.4 Å². The quantitative estimate of drug-likeness (QED) is 0.748. The summed E-state index contributed by atoms with van der Waals surface area (Å²) in [5, 5.41) is 6.23. The molecule has 0 unspecified atom stereocenters. The smallest absolute Gasteiger partial charge is 0.221 e. The highest BCUT2D eigenvalue weighted by molar-refractivity contribution is 5.76. The van der Waals surface area contributed by atoms with E-state index >= 15 is 0 Å². The van der Waals surface area contributed by atoms with E-state index in [2.05, 4.69) is 36.6 Å². The van der Waals surface area contributed by atoms with Crippen LogP contribution in [0.3, 0.4) is 0 Å². The number of hydrogen-bond acceptors (Lipinski definition) is 3. The molecule has 1 aliphatic heterocycles. The van der Waals surface area contributed by atoms with Crippen molar-refractivity contribution in [2.75, 3.05) is 19.7 Å². The zero-order chi connectivity index (χ0) is 14.4. The average Bonchev–Trinajstić information content (AvgIpc) is 2.88. The molecule has 1 aromatic carbocycles. The van der Waals surface area contributed by atoms with Gasteiger partial charge < -0.3 is 15.4 Å². The first-order chi connectivity index (χ1) is 9.65. The SMILES string of the molecule is CC(C)CNC(=O)CCNCc1ccc2c(c1)CCO2. The van der Waals surface area contributed by atoms with Crippen molar-refractivity contribution < 1.29 is 9.53 Å². The second-order valence-corrected chi connectivity index (χ2v) is 5.67. The molecule has 0 spiro atoms. The Morgan fingerprint density at radius 3 is 3.05 bits per heavy atom. The van der Waals surface area contributed by atoms with E-state index in [1.165, 1.54) is 11.1 Å². The van der Waals surface area contributed by atoms with Crippen molar-refractivity contribution in [1.29, 1.82) is 0 Å². The summed E-state index contributed by atoms with van der Waals surface area (Å²) in [6, 6.07) is 6.30. The normalized spacial score (nSPS) is 13.2. The van der Waals surface area contributed by atoms with Crippen LogP contribution in [-0.4, -0.2) is 25.6 Å². The van der Waals surface area contributed by atoms with Gasteiger partial charge in [0.2, 0.25) is 5.91 Å². The Balaban J connectivity index is 1.65. The van der Waals surface area contributed by atoms with E-state index in [0.29, 0.717) is 18.9 Å². The summed E-state index contributed by atoms with van der Waals surface area (Å²) in [7, 11) is 0. The van der Waals surface area contributed by atoms with Crippen molar-refractivity contribution in [2.45, 2.75) is 33.2 Å². The number of rotatable bonds is 7. The maximum Gasteiger partial charge on any atom is 0.221 e. The zero-order valence-electron chi connectivity index (χ0n) is 12.4. The van der Waals surface area contributed by atoms with Gasteiger partial charge >= 0.3 is 0 Å². The fraction of sp³-hybridized carbons (Fsp3) is 0.562. The van der Waals surface area contributed by atoms with Crippen LogP contribution >= 0.6 is 0 Å². The van der Waals surface area contributed by atoms with Crippen LogP contribution in [-0.2, 0) is 17.8 Å². The second-order valence-electron chi connectivity index (χ2n) is 5.67. The lowest BCUT2D eigenvalue weighted by molar-refractivity contribution is -0.121. The molecule has 1 aromatic rings. The van der Waals surface area contributed by atoms with Crippen molar-refractivity contribution in [3.63, 3.8) is 0 Å². The molecule has 0 bridgehead atoms. The molecule has 0 radical (unpaired) electrons. The van der Waals surface area contributed by atoms with E-state index in [1.54, 1.807) is 0 Å². The van der Waals surface area contributed by atoms with E-state index in [0.717, 1.165) is 31.9 Å². The third kappa shape index (κ3) is 4.53. The van der Waals surface area contributed by atoms with Crippen LogP contribution in [0.25, 0.3) is 0 Å². The number of ether oxygens (including phenoxy) is 1. The standard InChI is InChI=1S/C16H24N2O2/c1-12(2)10-18-16(19)5-7-17-11-13-3-4-15-14(9-13)6-8-20-15/h3-4,9,12,17H,5-8,10-11H2,1-2H3,(H,18,19). The van der Waals surface area contributed by atoms with Gasteiger partial charge in [-0.3, -0.25) is 4.79 Å². The van der Waals surface area contributed by atoms with Crippen LogP contribution in [0.1, 0.15) is 31.4 Å². The molecule has 4 heteroatoms. The highest BCUT2D eigenvalue weighted by Crippen LogP contribution is 2.25. The number of hydrogen-bond donors (Lipinski definition) is 2. The molecule has 0 aliphatic carbocycles. The summed E-state index contributed by atoms with van der Waals surface area (Å²) in [4.78, 5) is 11.5. The molecule has 1 amide bonds. The zero-order valence-corrected chi connectivity index (χ0v) is 12.4. The van der Waals surface area contributed by atoms with E-state index in [9.17, 15) is 4.79 Å². The molecule has 1 heterocycles. The van der Waals surface area contributed by atoms with Gasteiger partial charge in [0.15, 0.2) is 0 Å². The maximum atomic E-state index is 11.5. The largest absolute Gasteiger partial charge is 0.493 e. The molecule has 0 fully saturated rings. The number of nitrogens with one attached hydrogen (secondary N) is 2. The van der Waals surface area contributed by atoms with Gasteiger partial charge in [0.05, 0.1) is 6.61 Å². The Hall–Kier alpha value is -1.55. The molecule has 0 aromatic heterocycles. The van der Waals surface area contributed by atoms with E-state index in [-0.39, 0.29) is 5.91 Å². The minimum atomic E-state index is 0.119. The first-order valence-electron chi connectivity index (χ1n) is 7.37. The predicted octanol–water partition coefficient (Wildman–Crippen LogP) is 1.87. The monoisotopic (exact) mass is 276 g/mol. The van der Waals surface area contributed by atoms with Gasteiger partial charge in [-0.25, -0.2) is 0 Å². The third-order valence-electron chi connectivity index (χ3n) is 3.32. The minimum Gasteiger partial charge on any atom is -0.493 e. The Bertz CT molecular complexity index is 458. The summed E-state index contributed by atoms with van der Waals surface area (Å²) in [6.07, 6.45) is 1.53. The van der Waals surface area contributed by atoms with Crippen molar-refractivity contribution >= 4 is 5.91 Å². The van der Waals surface area contributed by atoms with E-state index in [1.807, 2.05) is 6.07 Å². The van der Waals surface area contributed by atoms with Gasteiger partial charge in [0.25, 0.3) is 0 Å². The Kier molecular flexibility index (Phi) is 5.41. The fourth-order valence-corrected chi connectivity index (χ4v) is 2.19. The van der Waals surface area contributed by atoms with Crippen LogP contribution in [0.5, 0.6) is 5.75 Å². The molecule has 4 nitrogen and oxygen atoms in total. The van der Waals surface area contributed by atoms with Crippen molar-refractivity contribution in [2.24, 2.45) is 5.92 Å². The minimum absolute atomic E-state index is 0.119. The molecular formula is C16H24N2O2. The van der Waals surface area contributed by atoms with Gasteiger partial charge in [-0.15, -0.1) is 0 Å². The lowest BCUT2D eigenvalue weighted by Gasteiger charge is -2.09. The molecule has 20 heavy (non-hydrogen) atoms. The van der Waals surface area contributed by atoms with Gasteiger partial charge in [0.1, 0.15) is 5.75 Å². The van der Waals surface area contributed by atoms with Gasteiger partial charge in [-0.1, -0.05) is 26.0 Å². The number of benzene rings is 1. The second kappa shape index (κ2) is 7.29. The van der Waals surface area contributed by atoms with Gasteiger partial charge in [0, 0.05) is 32.5 Å². The van der Waals surface area contributed by atoms with Gasteiger partial charge in [-0.2, -0.15) is 0 Å². The number of amides is 1. The Labute approximate surface area is 120 Å². The predicted molar refractivity (Wildman–Crippen MR) is 79.8 cm³/mol. The number of carbonyl (C=O) groups is 1. The maximum absolute atomic E-state index is 11.5. The summed E-state index contributed by atoms with van der Waals surface area (Å²) in [6.45, 7) is 7.24. The molecule has 1 aliphatic rings. The van der Waals surface area contributed by atoms with E-state index in [4.69, 9.17) is 4.74 Å². The highest BCUT2D eigenvalue weighted by atomic mass is 16.5. The van der Waals surface area contributed by atoms with Crippen molar-refractivity contribution in [3.05, 3.63) is 29.3 Å². The van der Waals surface area contributed by atoms with Crippen LogP contribution < -0.4 is 15.4 Å². The number of carbonyl (C=O) groups excluding carboxylic acids is 1. The van der Waals surface area contributed by atoms with Crippen LogP contribution in [0.2, 0.25) is 0 Å². The molecule has 110 valence electrons. The molecule has 0 saturated carbocycles. The lowest BCUT2D eigenvalue weighted by Crippen LogP contribution is -2.30. The summed E-state index contributed by atoms with van der Waals surface area (Å²) in [5.41, 5.74) is 2.54. The number of fused-ring (bicyclic) bond motifs is 1. The molecule has 0 atom stereocenters. The fourth-order valence-electron chi connectivity index (χ4n) is 2.19. The van der Waals surface area contributed by atoms with Gasteiger partial charge in [-0.05, 0) is 23.1 Å². The van der Waals surface area contributed by atoms with Crippen LogP contribution in [0.4, 0.5) is 0 Å².